The summed E-state index contributed by atoms with van der Waals surface area (Å²) in [4.78, 5) is 12.4. The molecule has 4 rings (SSSR count). The van der Waals surface area contributed by atoms with Gasteiger partial charge in [-0.1, -0.05) is 0 Å². The van der Waals surface area contributed by atoms with Gasteiger partial charge in [-0.05, 0) is 24.3 Å². The zero-order valence-corrected chi connectivity index (χ0v) is 14.4. The van der Waals surface area contributed by atoms with Gasteiger partial charge in [-0.3, -0.25) is 4.79 Å². The molecule has 0 atom stereocenters. The Bertz CT molecular complexity index is 947. The van der Waals surface area contributed by atoms with Crippen LogP contribution in [-0.2, 0) is 11.2 Å². The average Bonchev–Trinajstić information content (AvgIpc) is 2.89. The second-order valence-electron chi connectivity index (χ2n) is 6.06. The number of carbonyl (C=O) groups excluding carboxylic acids is 1. The Morgan fingerprint density at radius 2 is 1.96 bits per heavy atom. The number of anilines is 1. The van der Waals surface area contributed by atoms with E-state index in [1.165, 1.54) is 0 Å². The molecule has 0 radical (unpaired) electrons. The van der Waals surface area contributed by atoms with Gasteiger partial charge in [-0.2, -0.15) is 0 Å². The van der Waals surface area contributed by atoms with Crippen molar-refractivity contribution in [2.45, 2.75) is 12.8 Å². The number of fused-ring (bicyclic) bond motifs is 2. The summed E-state index contributed by atoms with van der Waals surface area (Å²) in [6.07, 6.45) is 2.67. The molecule has 2 aromatic carbocycles. The van der Waals surface area contributed by atoms with E-state index >= 15 is 0 Å². The number of rotatable bonds is 4. The number of amides is 1. The zero-order valence-electron chi connectivity index (χ0n) is 14.4. The van der Waals surface area contributed by atoms with E-state index in [1.807, 2.05) is 24.3 Å². The Labute approximate surface area is 150 Å². The van der Waals surface area contributed by atoms with Crippen molar-refractivity contribution in [3.8, 4) is 17.2 Å². The SMILES string of the molecule is COc1ccc2c(CC(=O)Nc3ccc4c(c3)OCCCO4)coc2c1. The fraction of sp³-hybridized carbons (Fsp3) is 0.250. The molecule has 0 aliphatic carbocycles. The number of benzene rings is 2. The van der Waals surface area contributed by atoms with Crippen LogP contribution in [0.1, 0.15) is 12.0 Å². The maximum Gasteiger partial charge on any atom is 0.228 e. The molecule has 134 valence electrons. The zero-order chi connectivity index (χ0) is 17.9. The topological polar surface area (TPSA) is 69.9 Å². The molecule has 1 N–H and O–H groups in total. The lowest BCUT2D eigenvalue weighted by Gasteiger charge is -2.10. The molecule has 3 aromatic rings. The van der Waals surface area contributed by atoms with Crippen LogP contribution >= 0.6 is 0 Å². The Morgan fingerprint density at radius 3 is 2.81 bits per heavy atom. The van der Waals surface area contributed by atoms with E-state index < -0.39 is 0 Å². The maximum atomic E-state index is 12.4. The number of furan rings is 1. The Balaban J connectivity index is 1.48. The third kappa shape index (κ3) is 3.31. The number of ether oxygens (including phenoxy) is 3. The molecule has 2 heterocycles. The fourth-order valence-corrected chi connectivity index (χ4v) is 2.95. The van der Waals surface area contributed by atoms with Crippen LogP contribution in [0.5, 0.6) is 17.2 Å². The molecule has 0 saturated heterocycles. The van der Waals surface area contributed by atoms with Gasteiger partial charge in [0.05, 0.1) is 33.0 Å². The Morgan fingerprint density at radius 1 is 1.12 bits per heavy atom. The van der Waals surface area contributed by atoms with Crippen molar-refractivity contribution in [1.29, 1.82) is 0 Å². The van der Waals surface area contributed by atoms with Crippen LogP contribution in [0.2, 0.25) is 0 Å². The van der Waals surface area contributed by atoms with Gasteiger partial charge in [0.15, 0.2) is 11.5 Å². The summed E-state index contributed by atoms with van der Waals surface area (Å²) in [7, 11) is 1.60. The van der Waals surface area contributed by atoms with Gasteiger partial charge in [-0.15, -0.1) is 0 Å². The molecule has 0 saturated carbocycles. The largest absolute Gasteiger partial charge is 0.497 e. The summed E-state index contributed by atoms with van der Waals surface area (Å²) < 4.78 is 22.0. The highest BCUT2D eigenvalue weighted by molar-refractivity contribution is 5.95. The van der Waals surface area contributed by atoms with Gasteiger partial charge in [0.25, 0.3) is 0 Å². The second kappa shape index (κ2) is 7.00. The summed E-state index contributed by atoms with van der Waals surface area (Å²) in [6, 6.07) is 11.0. The van der Waals surface area contributed by atoms with Crippen molar-refractivity contribution in [3.63, 3.8) is 0 Å². The summed E-state index contributed by atoms with van der Waals surface area (Å²) >= 11 is 0. The number of hydrogen-bond acceptors (Lipinski definition) is 5. The first-order valence-corrected chi connectivity index (χ1v) is 8.46. The molecule has 26 heavy (non-hydrogen) atoms. The summed E-state index contributed by atoms with van der Waals surface area (Å²) in [6.45, 7) is 1.24. The number of methoxy groups -OCH3 is 1. The lowest BCUT2D eigenvalue weighted by atomic mass is 10.1. The second-order valence-corrected chi connectivity index (χ2v) is 6.06. The van der Waals surface area contributed by atoms with E-state index in [2.05, 4.69) is 5.32 Å². The Hall–Kier alpha value is -3.15. The molecular formula is C20H19NO5. The highest BCUT2D eigenvalue weighted by Crippen LogP contribution is 2.32. The van der Waals surface area contributed by atoms with E-state index in [0.29, 0.717) is 36.0 Å². The molecule has 0 spiro atoms. The molecule has 0 bridgehead atoms. The summed E-state index contributed by atoms with van der Waals surface area (Å²) in [5.74, 6) is 1.95. The summed E-state index contributed by atoms with van der Waals surface area (Å²) in [5.41, 5.74) is 2.20. The van der Waals surface area contributed by atoms with Crippen molar-refractivity contribution >= 4 is 22.6 Å². The van der Waals surface area contributed by atoms with Crippen molar-refractivity contribution in [1.82, 2.24) is 0 Å². The number of nitrogens with one attached hydrogen (secondary N) is 1. The molecule has 1 amide bonds. The molecule has 0 unspecified atom stereocenters. The fourth-order valence-electron chi connectivity index (χ4n) is 2.95. The van der Waals surface area contributed by atoms with Crippen LogP contribution < -0.4 is 19.5 Å². The first-order chi connectivity index (χ1) is 12.7. The molecule has 1 aromatic heterocycles. The van der Waals surface area contributed by atoms with E-state index in [0.717, 1.165) is 23.1 Å². The molecule has 1 aliphatic heterocycles. The predicted molar refractivity (Wildman–Crippen MR) is 97.1 cm³/mol. The molecular weight excluding hydrogens is 334 g/mol. The van der Waals surface area contributed by atoms with Crippen LogP contribution in [-0.4, -0.2) is 26.2 Å². The predicted octanol–water partition coefficient (Wildman–Crippen LogP) is 3.78. The smallest absolute Gasteiger partial charge is 0.228 e. The van der Waals surface area contributed by atoms with Gasteiger partial charge in [-0.25, -0.2) is 0 Å². The van der Waals surface area contributed by atoms with Crippen LogP contribution in [0.25, 0.3) is 11.0 Å². The molecule has 0 fully saturated rings. The third-order valence-electron chi connectivity index (χ3n) is 4.25. The first-order valence-electron chi connectivity index (χ1n) is 8.46. The van der Waals surface area contributed by atoms with Crippen LogP contribution in [0, 0.1) is 0 Å². The van der Waals surface area contributed by atoms with E-state index in [-0.39, 0.29) is 12.3 Å². The lowest BCUT2D eigenvalue weighted by Crippen LogP contribution is -2.14. The average molecular weight is 353 g/mol. The van der Waals surface area contributed by atoms with Crippen LogP contribution in [0.3, 0.4) is 0 Å². The number of hydrogen-bond donors (Lipinski definition) is 1. The molecule has 1 aliphatic rings. The maximum absolute atomic E-state index is 12.4. The highest BCUT2D eigenvalue weighted by Gasteiger charge is 2.14. The molecule has 6 nitrogen and oxygen atoms in total. The van der Waals surface area contributed by atoms with Crippen molar-refractivity contribution < 1.29 is 23.4 Å². The van der Waals surface area contributed by atoms with Gasteiger partial charge >= 0.3 is 0 Å². The normalized spacial score (nSPS) is 13.3. The quantitative estimate of drug-likeness (QED) is 0.773. The molecule has 6 heteroatoms. The summed E-state index contributed by atoms with van der Waals surface area (Å²) in [5, 5.41) is 3.80. The van der Waals surface area contributed by atoms with Gasteiger partial charge in [0.1, 0.15) is 11.3 Å². The minimum absolute atomic E-state index is 0.127. The highest BCUT2D eigenvalue weighted by atomic mass is 16.5. The standard InChI is InChI=1S/C20H19NO5/c1-23-15-4-5-16-13(12-26-18(16)11-15)9-20(22)21-14-3-6-17-19(10-14)25-8-2-7-24-17/h3-6,10-12H,2,7-9H2,1H3,(H,21,22). The van der Waals surface area contributed by atoms with E-state index in [9.17, 15) is 4.79 Å². The first kappa shape index (κ1) is 16.3. The van der Waals surface area contributed by atoms with Gasteiger partial charge < -0.3 is 23.9 Å². The van der Waals surface area contributed by atoms with Crippen molar-refractivity contribution in [2.24, 2.45) is 0 Å². The van der Waals surface area contributed by atoms with Crippen molar-refractivity contribution in [2.75, 3.05) is 25.6 Å². The van der Waals surface area contributed by atoms with Crippen LogP contribution in [0.15, 0.2) is 47.1 Å². The number of carbonyl (C=O) groups is 1. The minimum Gasteiger partial charge on any atom is -0.497 e. The third-order valence-corrected chi connectivity index (χ3v) is 4.25. The van der Waals surface area contributed by atoms with E-state index in [1.54, 1.807) is 25.5 Å². The van der Waals surface area contributed by atoms with Crippen LogP contribution in [0.4, 0.5) is 5.69 Å². The van der Waals surface area contributed by atoms with Gasteiger partial charge in [0, 0.05) is 35.2 Å². The van der Waals surface area contributed by atoms with Gasteiger partial charge in [0.2, 0.25) is 5.91 Å². The minimum atomic E-state index is -0.127. The Kier molecular flexibility index (Phi) is 4.39. The monoisotopic (exact) mass is 353 g/mol. The van der Waals surface area contributed by atoms with Crippen molar-refractivity contribution in [3.05, 3.63) is 48.2 Å². The van der Waals surface area contributed by atoms with E-state index in [4.69, 9.17) is 18.6 Å². The lowest BCUT2D eigenvalue weighted by molar-refractivity contribution is -0.115.